The van der Waals surface area contributed by atoms with Crippen molar-refractivity contribution in [1.29, 1.82) is 0 Å². The van der Waals surface area contributed by atoms with Crippen molar-refractivity contribution in [3.05, 3.63) is 44.0 Å². The summed E-state index contributed by atoms with van der Waals surface area (Å²) in [6, 6.07) is 2.07. The Morgan fingerprint density at radius 2 is 1.72 bits per heavy atom. The summed E-state index contributed by atoms with van der Waals surface area (Å²) >= 11 is 0. The van der Waals surface area contributed by atoms with Crippen LogP contribution < -0.4 is 17.2 Å². The first-order valence-corrected chi connectivity index (χ1v) is 7.11. The van der Waals surface area contributed by atoms with Gasteiger partial charge >= 0.3 is 5.97 Å². The molecule has 0 saturated carbocycles. The van der Waals surface area contributed by atoms with Gasteiger partial charge in [0, 0.05) is 24.2 Å². The Hall–Kier alpha value is -3.28. The number of guanidine groups is 1. The first-order valence-electron chi connectivity index (χ1n) is 7.11. The monoisotopic (exact) mass is 354 g/mol. The predicted octanol–water partition coefficient (Wildman–Crippen LogP) is -0.0729. The predicted molar refractivity (Wildman–Crippen MR) is 87.4 cm³/mol. The summed E-state index contributed by atoms with van der Waals surface area (Å²) in [5.41, 5.74) is 15.1. The molecule has 136 valence electrons. The van der Waals surface area contributed by atoms with E-state index >= 15 is 0 Å². The highest BCUT2D eigenvalue weighted by Crippen LogP contribution is 2.23. The van der Waals surface area contributed by atoms with Gasteiger partial charge in [0.05, 0.1) is 15.9 Å². The first kappa shape index (κ1) is 19.8. The van der Waals surface area contributed by atoms with E-state index in [9.17, 15) is 25.0 Å². The third kappa shape index (κ3) is 6.78. The number of carbonyl (C=O) groups excluding carboxylic acids is 1. The molecule has 0 heterocycles. The molecule has 12 heteroatoms. The molecule has 0 aliphatic carbocycles. The fourth-order valence-electron chi connectivity index (χ4n) is 1.85. The second-order valence-electron chi connectivity index (χ2n) is 5.03. The largest absolute Gasteiger partial charge is 0.460 e. The van der Waals surface area contributed by atoms with Crippen LogP contribution in [0.2, 0.25) is 0 Å². The minimum absolute atomic E-state index is 0.0663. The van der Waals surface area contributed by atoms with Crippen molar-refractivity contribution < 1.29 is 19.4 Å². The molecule has 0 radical (unpaired) electrons. The minimum Gasteiger partial charge on any atom is -0.460 e. The number of non-ortho nitro benzene ring substituents is 2. The number of nitrogens with two attached hydrogens (primary N) is 3. The molecule has 0 bridgehead atoms. The second-order valence-corrected chi connectivity index (χ2v) is 5.03. The minimum atomic E-state index is -0.928. The van der Waals surface area contributed by atoms with Crippen LogP contribution in [0.15, 0.2) is 23.2 Å². The van der Waals surface area contributed by atoms with E-state index in [0.717, 1.165) is 18.2 Å². The molecule has 1 aromatic carbocycles. The number of benzene rings is 1. The van der Waals surface area contributed by atoms with Gasteiger partial charge in [-0.2, -0.15) is 0 Å². The van der Waals surface area contributed by atoms with Gasteiger partial charge < -0.3 is 21.9 Å². The van der Waals surface area contributed by atoms with Crippen molar-refractivity contribution in [1.82, 2.24) is 0 Å². The number of ether oxygens (including phenoxy) is 1. The van der Waals surface area contributed by atoms with Gasteiger partial charge in [0.2, 0.25) is 0 Å². The molecule has 1 unspecified atom stereocenters. The van der Waals surface area contributed by atoms with Crippen molar-refractivity contribution in [3.63, 3.8) is 0 Å². The molecule has 0 fully saturated rings. The van der Waals surface area contributed by atoms with E-state index in [1.165, 1.54) is 0 Å². The lowest BCUT2D eigenvalue weighted by Crippen LogP contribution is -2.32. The topological polar surface area (TPSA) is 203 Å². The van der Waals surface area contributed by atoms with E-state index < -0.39 is 33.2 Å². The molecule has 1 aromatic rings. The maximum Gasteiger partial charge on any atom is 0.323 e. The van der Waals surface area contributed by atoms with Crippen molar-refractivity contribution in [2.24, 2.45) is 22.2 Å². The maximum absolute atomic E-state index is 11.8. The van der Waals surface area contributed by atoms with Crippen LogP contribution in [0, 0.1) is 20.2 Å². The summed E-state index contributed by atoms with van der Waals surface area (Å²) in [5.74, 6) is -0.803. The van der Waals surface area contributed by atoms with Gasteiger partial charge in [0.25, 0.3) is 11.4 Å². The SMILES string of the molecule is NC(N)=NCCCC(N)C(=O)OCc1cc([N+](=O)[O-])cc([N+](=O)[O-])c1. The van der Waals surface area contributed by atoms with Gasteiger partial charge in [-0.1, -0.05) is 0 Å². The zero-order valence-corrected chi connectivity index (χ0v) is 13.2. The summed E-state index contributed by atoms with van der Waals surface area (Å²) in [5, 5.41) is 21.6. The standard InChI is InChI=1S/C13H18N6O6/c14-11(2-1-3-17-13(15)16)12(20)25-7-8-4-9(18(21)22)6-10(5-8)19(23)24/h4-6,11H,1-3,7,14H2,(H4,15,16,17). The highest BCUT2D eigenvalue weighted by molar-refractivity contribution is 5.76. The third-order valence-corrected chi connectivity index (χ3v) is 3.04. The molecular weight excluding hydrogens is 336 g/mol. The van der Waals surface area contributed by atoms with E-state index in [1.54, 1.807) is 0 Å². The molecule has 0 aliphatic rings. The fraction of sp³-hybridized carbons (Fsp3) is 0.385. The quantitative estimate of drug-likeness (QED) is 0.135. The van der Waals surface area contributed by atoms with Crippen LogP contribution in [-0.2, 0) is 16.1 Å². The lowest BCUT2D eigenvalue weighted by molar-refractivity contribution is -0.394. The molecule has 6 N–H and O–H groups in total. The average molecular weight is 354 g/mol. The van der Waals surface area contributed by atoms with Crippen LogP contribution in [0.5, 0.6) is 0 Å². The lowest BCUT2D eigenvalue weighted by Gasteiger charge is -2.11. The van der Waals surface area contributed by atoms with Crippen LogP contribution in [0.1, 0.15) is 18.4 Å². The molecule has 0 saturated heterocycles. The van der Waals surface area contributed by atoms with Crippen LogP contribution in [0.25, 0.3) is 0 Å². The summed E-state index contributed by atoms with van der Waals surface area (Å²) in [6.45, 7) is -0.0661. The molecule has 0 spiro atoms. The smallest absolute Gasteiger partial charge is 0.323 e. The summed E-state index contributed by atoms with van der Waals surface area (Å²) in [4.78, 5) is 35.6. The fourth-order valence-corrected chi connectivity index (χ4v) is 1.85. The Balaban J connectivity index is 2.64. The second kappa shape index (κ2) is 9.12. The van der Waals surface area contributed by atoms with Crippen molar-refractivity contribution >= 4 is 23.3 Å². The summed E-state index contributed by atoms with van der Waals surface area (Å²) < 4.78 is 4.94. The van der Waals surface area contributed by atoms with Gasteiger partial charge in [-0.25, -0.2) is 0 Å². The molecule has 0 aromatic heterocycles. The van der Waals surface area contributed by atoms with Crippen LogP contribution >= 0.6 is 0 Å². The van der Waals surface area contributed by atoms with Crippen LogP contribution in [0.3, 0.4) is 0 Å². The Labute approximate surface area is 141 Å². The van der Waals surface area contributed by atoms with Gasteiger partial charge in [0.15, 0.2) is 5.96 Å². The van der Waals surface area contributed by atoms with E-state index in [4.69, 9.17) is 21.9 Å². The zero-order valence-electron chi connectivity index (χ0n) is 13.2. The number of rotatable bonds is 9. The Kier molecular flexibility index (Phi) is 7.21. The van der Waals surface area contributed by atoms with Crippen molar-refractivity contribution in [2.45, 2.75) is 25.5 Å². The summed E-state index contributed by atoms with van der Waals surface area (Å²) in [7, 11) is 0. The van der Waals surface area contributed by atoms with Crippen molar-refractivity contribution in [3.8, 4) is 0 Å². The number of nitrogens with zero attached hydrogens (tertiary/aromatic N) is 3. The number of aliphatic imine (C=N–C) groups is 1. The van der Waals surface area contributed by atoms with Gasteiger partial charge in [0.1, 0.15) is 12.6 Å². The van der Waals surface area contributed by atoms with Crippen LogP contribution in [0.4, 0.5) is 11.4 Å². The Morgan fingerprint density at radius 3 is 2.20 bits per heavy atom. The number of nitro groups is 2. The first-order chi connectivity index (χ1) is 11.7. The molecular formula is C13H18N6O6. The average Bonchev–Trinajstić information content (AvgIpc) is 2.55. The Morgan fingerprint density at radius 1 is 1.16 bits per heavy atom. The Bertz CT molecular complexity index is 655. The molecule has 1 rings (SSSR count). The third-order valence-electron chi connectivity index (χ3n) is 3.04. The van der Waals surface area contributed by atoms with Gasteiger partial charge in [-0.15, -0.1) is 0 Å². The zero-order chi connectivity index (χ0) is 19.0. The van der Waals surface area contributed by atoms with E-state index in [1.807, 2.05) is 0 Å². The molecule has 0 amide bonds. The normalized spacial score (nSPS) is 11.4. The molecule has 1 atom stereocenters. The lowest BCUT2D eigenvalue weighted by atomic mass is 10.1. The number of nitro benzene ring substituents is 2. The van der Waals surface area contributed by atoms with Crippen molar-refractivity contribution in [2.75, 3.05) is 6.54 Å². The highest BCUT2D eigenvalue weighted by atomic mass is 16.6. The molecule has 25 heavy (non-hydrogen) atoms. The van der Waals surface area contributed by atoms with E-state index in [0.29, 0.717) is 13.0 Å². The summed E-state index contributed by atoms with van der Waals surface area (Å²) in [6.07, 6.45) is 0.723. The number of hydrogen-bond acceptors (Lipinski definition) is 8. The molecule has 12 nitrogen and oxygen atoms in total. The van der Waals surface area contributed by atoms with E-state index in [-0.39, 0.29) is 24.6 Å². The highest BCUT2D eigenvalue weighted by Gasteiger charge is 2.19. The van der Waals surface area contributed by atoms with Crippen LogP contribution in [-0.4, -0.2) is 34.4 Å². The van der Waals surface area contributed by atoms with Gasteiger partial charge in [-0.3, -0.25) is 30.0 Å². The van der Waals surface area contributed by atoms with E-state index in [2.05, 4.69) is 4.99 Å². The number of hydrogen-bond donors (Lipinski definition) is 3. The molecule has 0 aliphatic heterocycles. The number of esters is 1. The maximum atomic E-state index is 11.8. The van der Waals surface area contributed by atoms with Gasteiger partial charge in [-0.05, 0) is 12.8 Å². The number of carbonyl (C=O) groups is 1.